The molecular weight excluding hydrogens is 196 g/mol. The fourth-order valence-electron chi connectivity index (χ4n) is 1.32. The number of ether oxygens (including phenoxy) is 3. The quantitative estimate of drug-likeness (QED) is 0.705. The van der Waals surface area contributed by atoms with E-state index in [2.05, 4.69) is 4.74 Å². The minimum absolute atomic E-state index is 0.177. The van der Waals surface area contributed by atoms with Crippen LogP contribution in [0.1, 0.15) is 5.56 Å². The first-order valence-electron chi connectivity index (χ1n) is 4.49. The number of methoxy groups -OCH3 is 3. The van der Waals surface area contributed by atoms with Gasteiger partial charge in [-0.1, -0.05) is 12.1 Å². The summed E-state index contributed by atoms with van der Waals surface area (Å²) in [6.45, 7) is 0. The molecule has 82 valence electrons. The van der Waals surface area contributed by atoms with Gasteiger partial charge in [0.25, 0.3) is 0 Å². The van der Waals surface area contributed by atoms with Gasteiger partial charge in [0, 0.05) is 5.56 Å². The molecule has 1 rings (SSSR count). The molecule has 0 bridgehead atoms. The van der Waals surface area contributed by atoms with E-state index in [1.54, 1.807) is 32.4 Å². The number of hydrogen-bond donors (Lipinski definition) is 0. The lowest BCUT2D eigenvalue weighted by Gasteiger charge is -2.11. The minimum atomic E-state index is -0.304. The van der Waals surface area contributed by atoms with Crippen molar-refractivity contribution in [3.8, 4) is 11.5 Å². The van der Waals surface area contributed by atoms with Crippen LogP contribution >= 0.6 is 0 Å². The van der Waals surface area contributed by atoms with Crippen LogP contribution in [0.4, 0.5) is 0 Å². The molecule has 15 heavy (non-hydrogen) atoms. The van der Waals surface area contributed by atoms with Crippen LogP contribution in [0.5, 0.6) is 11.5 Å². The molecule has 0 saturated carbocycles. The fraction of sp³-hybridized carbons (Fsp3) is 0.364. The molecule has 0 spiro atoms. The lowest BCUT2D eigenvalue weighted by atomic mass is 10.1. The molecule has 0 aliphatic carbocycles. The van der Waals surface area contributed by atoms with E-state index >= 15 is 0 Å². The molecule has 0 atom stereocenters. The molecule has 0 amide bonds. The standard InChI is InChI=1S/C11H14O4/c1-13-9-6-4-5-8(11(9)15-3)7-10(12)14-2/h4-6H,7H2,1-3H3. The monoisotopic (exact) mass is 210 g/mol. The summed E-state index contributed by atoms with van der Waals surface area (Å²) in [6.07, 6.45) is 0.177. The zero-order valence-corrected chi connectivity index (χ0v) is 9.07. The van der Waals surface area contributed by atoms with Gasteiger partial charge in [0.2, 0.25) is 0 Å². The maximum Gasteiger partial charge on any atom is 0.310 e. The molecule has 1 aromatic carbocycles. The maximum absolute atomic E-state index is 11.1. The Morgan fingerprint density at radius 2 is 1.93 bits per heavy atom. The van der Waals surface area contributed by atoms with Gasteiger partial charge in [-0.25, -0.2) is 0 Å². The number of carbonyl (C=O) groups is 1. The second-order valence-electron chi connectivity index (χ2n) is 2.91. The Bertz CT molecular complexity index is 346. The summed E-state index contributed by atoms with van der Waals surface area (Å²) >= 11 is 0. The molecule has 1 aromatic rings. The van der Waals surface area contributed by atoms with E-state index in [1.165, 1.54) is 7.11 Å². The molecule has 0 heterocycles. The van der Waals surface area contributed by atoms with Gasteiger partial charge in [-0.05, 0) is 6.07 Å². The Morgan fingerprint density at radius 1 is 1.20 bits per heavy atom. The fourth-order valence-corrected chi connectivity index (χ4v) is 1.32. The van der Waals surface area contributed by atoms with Gasteiger partial charge < -0.3 is 14.2 Å². The third kappa shape index (κ3) is 2.62. The first kappa shape index (κ1) is 11.4. The highest BCUT2D eigenvalue weighted by atomic mass is 16.5. The van der Waals surface area contributed by atoms with Crippen molar-refractivity contribution in [3.05, 3.63) is 23.8 Å². The number of hydrogen-bond acceptors (Lipinski definition) is 4. The zero-order chi connectivity index (χ0) is 11.3. The van der Waals surface area contributed by atoms with Crippen molar-refractivity contribution in [1.82, 2.24) is 0 Å². The van der Waals surface area contributed by atoms with Crippen molar-refractivity contribution in [2.45, 2.75) is 6.42 Å². The van der Waals surface area contributed by atoms with Crippen molar-refractivity contribution in [2.24, 2.45) is 0 Å². The Balaban J connectivity index is 3.00. The number of esters is 1. The SMILES string of the molecule is COC(=O)Cc1cccc(OC)c1OC. The molecule has 0 saturated heterocycles. The predicted molar refractivity (Wildman–Crippen MR) is 55.3 cm³/mol. The van der Waals surface area contributed by atoms with E-state index in [1.807, 2.05) is 0 Å². The highest BCUT2D eigenvalue weighted by molar-refractivity contribution is 5.74. The van der Waals surface area contributed by atoms with Crippen molar-refractivity contribution in [2.75, 3.05) is 21.3 Å². The van der Waals surface area contributed by atoms with Crippen LogP contribution in [-0.4, -0.2) is 27.3 Å². The molecule has 0 fully saturated rings. The van der Waals surface area contributed by atoms with Crippen molar-refractivity contribution >= 4 is 5.97 Å². The average molecular weight is 210 g/mol. The van der Waals surface area contributed by atoms with Crippen LogP contribution in [0.25, 0.3) is 0 Å². The highest BCUT2D eigenvalue weighted by Crippen LogP contribution is 2.30. The van der Waals surface area contributed by atoms with Crippen molar-refractivity contribution in [1.29, 1.82) is 0 Å². The van der Waals surface area contributed by atoms with Crippen molar-refractivity contribution < 1.29 is 19.0 Å². The third-order valence-corrected chi connectivity index (χ3v) is 2.05. The Hall–Kier alpha value is -1.71. The summed E-state index contributed by atoms with van der Waals surface area (Å²) in [5, 5.41) is 0. The van der Waals surface area contributed by atoms with E-state index in [0.29, 0.717) is 11.5 Å². The molecule has 0 N–H and O–H groups in total. The van der Waals surface area contributed by atoms with E-state index in [-0.39, 0.29) is 12.4 Å². The zero-order valence-electron chi connectivity index (χ0n) is 9.07. The topological polar surface area (TPSA) is 44.8 Å². The van der Waals surface area contributed by atoms with Crippen LogP contribution in [0.3, 0.4) is 0 Å². The molecule has 4 heteroatoms. The number of para-hydroxylation sites is 1. The molecule has 0 unspecified atom stereocenters. The van der Waals surface area contributed by atoms with Crippen LogP contribution in [0.15, 0.2) is 18.2 Å². The van der Waals surface area contributed by atoms with Crippen LogP contribution < -0.4 is 9.47 Å². The summed E-state index contributed by atoms with van der Waals surface area (Å²) in [4.78, 5) is 11.1. The second-order valence-corrected chi connectivity index (χ2v) is 2.91. The van der Waals surface area contributed by atoms with Crippen molar-refractivity contribution in [3.63, 3.8) is 0 Å². The van der Waals surface area contributed by atoms with Gasteiger partial charge in [0.1, 0.15) is 0 Å². The second kappa shape index (κ2) is 5.24. The Kier molecular flexibility index (Phi) is 3.97. The van der Waals surface area contributed by atoms with Crippen LogP contribution in [-0.2, 0) is 16.0 Å². The first-order valence-corrected chi connectivity index (χ1v) is 4.49. The normalized spacial score (nSPS) is 9.53. The van der Waals surface area contributed by atoms with Gasteiger partial charge in [0.05, 0.1) is 27.8 Å². The smallest absolute Gasteiger partial charge is 0.310 e. The van der Waals surface area contributed by atoms with Crippen LogP contribution in [0, 0.1) is 0 Å². The predicted octanol–water partition coefficient (Wildman–Crippen LogP) is 1.42. The van der Waals surface area contributed by atoms with Gasteiger partial charge in [-0.2, -0.15) is 0 Å². The average Bonchev–Trinajstić information content (AvgIpc) is 2.28. The lowest BCUT2D eigenvalue weighted by molar-refractivity contribution is -0.139. The molecule has 0 radical (unpaired) electrons. The summed E-state index contributed by atoms with van der Waals surface area (Å²) < 4.78 is 14.9. The van der Waals surface area contributed by atoms with E-state index < -0.39 is 0 Å². The Labute approximate surface area is 88.8 Å². The molecule has 4 nitrogen and oxygen atoms in total. The van der Waals surface area contributed by atoms with Gasteiger partial charge >= 0.3 is 5.97 Å². The summed E-state index contributed by atoms with van der Waals surface area (Å²) in [5.74, 6) is 0.880. The van der Waals surface area contributed by atoms with E-state index in [0.717, 1.165) is 5.56 Å². The minimum Gasteiger partial charge on any atom is -0.493 e. The maximum atomic E-state index is 11.1. The van der Waals surface area contributed by atoms with Crippen LogP contribution in [0.2, 0.25) is 0 Å². The largest absolute Gasteiger partial charge is 0.493 e. The molecule has 0 aliphatic rings. The Morgan fingerprint density at radius 3 is 2.47 bits per heavy atom. The summed E-state index contributed by atoms with van der Waals surface area (Å²) in [5.41, 5.74) is 0.753. The molecule has 0 aromatic heterocycles. The highest BCUT2D eigenvalue weighted by Gasteiger charge is 2.12. The summed E-state index contributed by atoms with van der Waals surface area (Å²) in [6, 6.07) is 5.39. The number of rotatable bonds is 4. The molecular formula is C11H14O4. The van der Waals surface area contributed by atoms with E-state index in [9.17, 15) is 4.79 Å². The van der Waals surface area contributed by atoms with Gasteiger partial charge in [0.15, 0.2) is 11.5 Å². The first-order chi connectivity index (χ1) is 7.22. The van der Waals surface area contributed by atoms with E-state index in [4.69, 9.17) is 9.47 Å². The summed E-state index contributed by atoms with van der Waals surface area (Å²) in [7, 11) is 4.45. The number of carbonyl (C=O) groups excluding carboxylic acids is 1. The third-order valence-electron chi connectivity index (χ3n) is 2.05. The number of benzene rings is 1. The van der Waals surface area contributed by atoms with Gasteiger partial charge in [-0.3, -0.25) is 4.79 Å². The lowest BCUT2D eigenvalue weighted by Crippen LogP contribution is -2.06. The van der Waals surface area contributed by atoms with Gasteiger partial charge in [-0.15, -0.1) is 0 Å². The molecule has 0 aliphatic heterocycles.